The Morgan fingerprint density at radius 1 is 1.09 bits per heavy atom. The van der Waals surface area contributed by atoms with E-state index in [4.69, 9.17) is 5.26 Å². The lowest BCUT2D eigenvalue weighted by Crippen LogP contribution is -2.30. The third-order valence-electron chi connectivity index (χ3n) is 4.85. The van der Waals surface area contributed by atoms with Gasteiger partial charge in [-0.05, 0) is 30.0 Å². The van der Waals surface area contributed by atoms with Gasteiger partial charge in [-0.3, -0.25) is 29.8 Å². The highest BCUT2D eigenvalue weighted by Crippen LogP contribution is 2.30. The van der Waals surface area contributed by atoms with Gasteiger partial charge < -0.3 is 5.32 Å². The van der Waals surface area contributed by atoms with Crippen LogP contribution in [-0.4, -0.2) is 27.4 Å². The van der Waals surface area contributed by atoms with Crippen LogP contribution in [0.2, 0.25) is 0 Å². The second-order valence-electron chi connectivity index (χ2n) is 7.54. The van der Waals surface area contributed by atoms with Crippen molar-refractivity contribution in [3.8, 4) is 6.07 Å². The number of nitro benzene ring substituents is 2. The van der Waals surface area contributed by atoms with Gasteiger partial charge in [0.2, 0.25) is 0 Å². The summed E-state index contributed by atoms with van der Waals surface area (Å²) in [5.41, 5.74) is 2.19. The van der Waals surface area contributed by atoms with E-state index in [1.165, 1.54) is 0 Å². The van der Waals surface area contributed by atoms with Crippen LogP contribution >= 0.6 is 0 Å². The van der Waals surface area contributed by atoms with E-state index < -0.39 is 51.6 Å². The number of hydrazone groups is 1. The van der Waals surface area contributed by atoms with Crippen molar-refractivity contribution < 1.29 is 19.4 Å². The summed E-state index contributed by atoms with van der Waals surface area (Å²) in [6.07, 6.45) is -1.16. The van der Waals surface area contributed by atoms with E-state index in [0.29, 0.717) is 5.69 Å². The molecule has 176 valence electrons. The Hall–Kier alpha value is -4.66. The number of nitrogens with zero attached hydrogens (tertiary/aromatic N) is 4. The van der Waals surface area contributed by atoms with Crippen LogP contribution in [-0.2, 0) is 16.0 Å². The smallest absolute Gasteiger partial charge is 0.279 e. The molecule has 0 heterocycles. The lowest BCUT2D eigenvalue weighted by molar-refractivity contribution is -0.395. The number of nitriles is 1. The van der Waals surface area contributed by atoms with E-state index in [9.17, 15) is 29.8 Å². The molecule has 0 unspecified atom stereocenters. The highest BCUT2D eigenvalue weighted by Gasteiger charge is 2.28. The van der Waals surface area contributed by atoms with Crippen molar-refractivity contribution in [3.05, 3.63) is 73.3 Å². The standard InChI is InChI=1S/C22H22N6O6/c1-13(2)15-7-4-6-14(3)21(15)24-22(30)17(25-26-20(29)10-11-23)12-16-18(27(31)32)8-5-9-19(16)28(33)34/h4-9,13H,10,12H2,1-3H3,(H,24,30)(H,26,29)/b25-17-. The zero-order valence-corrected chi connectivity index (χ0v) is 18.7. The number of amides is 2. The molecule has 0 aliphatic heterocycles. The highest BCUT2D eigenvalue weighted by atomic mass is 16.6. The van der Waals surface area contributed by atoms with Crippen LogP contribution in [0.4, 0.5) is 17.1 Å². The molecule has 2 aromatic rings. The van der Waals surface area contributed by atoms with Crippen molar-refractivity contribution in [1.29, 1.82) is 5.26 Å². The number of rotatable bonds is 9. The van der Waals surface area contributed by atoms with Gasteiger partial charge in [-0.2, -0.15) is 10.4 Å². The van der Waals surface area contributed by atoms with Crippen molar-refractivity contribution in [2.45, 2.75) is 39.5 Å². The third kappa shape index (κ3) is 6.19. The highest BCUT2D eigenvalue weighted by molar-refractivity contribution is 6.43. The minimum absolute atomic E-state index is 0.0437. The molecule has 0 bridgehead atoms. The summed E-state index contributed by atoms with van der Waals surface area (Å²) < 4.78 is 0. The van der Waals surface area contributed by atoms with Crippen LogP contribution in [0.3, 0.4) is 0 Å². The lowest BCUT2D eigenvalue weighted by atomic mass is 9.97. The number of benzene rings is 2. The van der Waals surface area contributed by atoms with Gasteiger partial charge in [0, 0.05) is 24.2 Å². The Morgan fingerprint density at radius 3 is 2.21 bits per heavy atom. The SMILES string of the molecule is Cc1cccc(C(C)C)c1NC(=O)/C(Cc1c([N+](=O)[O-])cccc1[N+](=O)[O-])=N\NC(=O)CC#N. The minimum Gasteiger partial charge on any atom is -0.320 e. The summed E-state index contributed by atoms with van der Waals surface area (Å²) in [5.74, 6) is -1.59. The maximum atomic E-state index is 13.2. The number of aryl methyl sites for hydroxylation is 1. The molecule has 0 saturated carbocycles. The first kappa shape index (κ1) is 25.6. The average Bonchev–Trinajstić information content (AvgIpc) is 2.77. The van der Waals surface area contributed by atoms with Crippen LogP contribution in [0.15, 0.2) is 41.5 Å². The van der Waals surface area contributed by atoms with E-state index in [0.717, 1.165) is 29.3 Å². The fraction of sp³-hybridized carbons (Fsp3) is 0.273. The third-order valence-corrected chi connectivity index (χ3v) is 4.85. The molecule has 2 N–H and O–H groups in total. The molecule has 0 spiro atoms. The molecule has 0 fully saturated rings. The number of nitro groups is 2. The first-order valence-corrected chi connectivity index (χ1v) is 10.1. The van der Waals surface area contributed by atoms with Crippen LogP contribution < -0.4 is 10.7 Å². The Bertz CT molecular complexity index is 1180. The van der Waals surface area contributed by atoms with Crippen LogP contribution in [0.1, 0.15) is 42.9 Å². The van der Waals surface area contributed by atoms with Crippen molar-refractivity contribution in [3.63, 3.8) is 0 Å². The van der Waals surface area contributed by atoms with Gasteiger partial charge in [-0.15, -0.1) is 0 Å². The quantitative estimate of drug-likeness (QED) is 0.322. The Labute approximate surface area is 194 Å². The van der Waals surface area contributed by atoms with Crippen LogP contribution in [0.25, 0.3) is 0 Å². The van der Waals surface area contributed by atoms with Crippen LogP contribution in [0.5, 0.6) is 0 Å². The maximum Gasteiger partial charge on any atom is 0.279 e. The summed E-state index contributed by atoms with van der Waals surface area (Å²) in [5, 5.41) is 38.1. The Morgan fingerprint density at radius 2 is 1.68 bits per heavy atom. The molecule has 2 rings (SSSR count). The van der Waals surface area contributed by atoms with E-state index in [1.54, 1.807) is 19.1 Å². The number of nitrogens with one attached hydrogen (secondary N) is 2. The molecule has 0 radical (unpaired) electrons. The first-order chi connectivity index (χ1) is 16.1. The van der Waals surface area contributed by atoms with Crippen molar-refractivity contribution in [2.75, 3.05) is 5.32 Å². The fourth-order valence-corrected chi connectivity index (χ4v) is 3.19. The molecule has 12 nitrogen and oxygen atoms in total. The van der Waals surface area contributed by atoms with Gasteiger partial charge >= 0.3 is 0 Å². The first-order valence-electron chi connectivity index (χ1n) is 10.1. The predicted molar refractivity (Wildman–Crippen MR) is 123 cm³/mol. The topological polar surface area (TPSA) is 181 Å². The van der Waals surface area contributed by atoms with Gasteiger partial charge in [-0.25, -0.2) is 5.43 Å². The average molecular weight is 466 g/mol. The summed E-state index contributed by atoms with van der Waals surface area (Å²) in [6, 6.07) is 10.4. The number of hydrogen-bond donors (Lipinski definition) is 2. The maximum absolute atomic E-state index is 13.2. The number of para-hydroxylation sites is 1. The molecule has 12 heteroatoms. The van der Waals surface area contributed by atoms with Crippen molar-refractivity contribution in [2.24, 2.45) is 5.10 Å². The number of hydrogen-bond acceptors (Lipinski definition) is 8. The molecule has 34 heavy (non-hydrogen) atoms. The van der Waals surface area contributed by atoms with Crippen molar-refractivity contribution in [1.82, 2.24) is 5.43 Å². The molecule has 0 saturated heterocycles. The molecule has 0 atom stereocenters. The van der Waals surface area contributed by atoms with Gasteiger partial charge in [0.25, 0.3) is 23.2 Å². The lowest BCUT2D eigenvalue weighted by Gasteiger charge is -2.17. The molecular formula is C22H22N6O6. The number of carbonyl (C=O) groups excluding carboxylic acids is 2. The van der Waals surface area contributed by atoms with E-state index in [-0.39, 0.29) is 11.5 Å². The molecule has 0 aliphatic carbocycles. The summed E-state index contributed by atoms with van der Waals surface area (Å²) >= 11 is 0. The van der Waals surface area contributed by atoms with Crippen LogP contribution in [0, 0.1) is 38.5 Å². The van der Waals surface area contributed by atoms with Gasteiger partial charge in [0.15, 0.2) is 0 Å². The zero-order chi connectivity index (χ0) is 25.4. The second kappa shape index (κ2) is 11.3. The Balaban J connectivity index is 2.56. The van der Waals surface area contributed by atoms with Gasteiger partial charge in [0.1, 0.15) is 17.7 Å². The zero-order valence-electron chi connectivity index (χ0n) is 18.7. The fourth-order valence-electron chi connectivity index (χ4n) is 3.19. The van der Waals surface area contributed by atoms with E-state index in [1.807, 2.05) is 31.4 Å². The monoisotopic (exact) mass is 466 g/mol. The second-order valence-corrected chi connectivity index (χ2v) is 7.54. The minimum atomic E-state index is -0.819. The normalized spacial score (nSPS) is 11.0. The largest absolute Gasteiger partial charge is 0.320 e. The number of carbonyl (C=O) groups is 2. The van der Waals surface area contributed by atoms with Crippen molar-refractivity contribution >= 4 is 34.6 Å². The molecule has 0 aromatic heterocycles. The molecule has 2 aromatic carbocycles. The molecular weight excluding hydrogens is 444 g/mol. The summed E-state index contributed by atoms with van der Waals surface area (Å²) in [4.78, 5) is 46.3. The molecule has 2 amide bonds. The van der Waals surface area contributed by atoms with Gasteiger partial charge in [0.05, 0.1) is 15.9 Å². The predicted octanol–water partition coefficient (Wildman–Crippen LogP) is 3.50. The number of anilines is 1. The summed E-state index contributed by atoms with van der Waals surface area (Å²) in [7, 11) is 0. The molecule has 0 aliphatic rings. The Kier molecular flexibility index (Phi) is 8.49. The van der Waals surface area contributed by atoms with E-state index >= 15 is 0 Å². The summed E-state index contributed by atoms with van der Waals surface area (Å²) in [6.45, 7) is 5.64. The van der Waals surface area contributed by atoms with E-state index in [2.05, 4.69) is 10.4 Å². The van der Waals surface area contributed by atoms with Gasteiger partial charge in [-0.1, -0.05) is 32.0 Å².